The molecule has 0 bridgehead atoms. The van der Waals surface area contributed by atoms with E-state index >= 15 is 0 Å². The number of nitrogens with one attached hydrogen (secondary N) is 1. The Morgan fingerprint density at radius 1 is 1.33 bits per heavy atom. The summed E-state index contributed by atoms with van der Waals surface area (Å²) in [4.78, 5) is 4.96. The number of piperidine rings is 1. The lowest BCUT2D eigenvalue weighted by molar-refractivity contribution is 0.129. The SMILES string of the molecule is CNCCC1CCCCN1CCN(C)C. The lowest BCUT2D eigenvalue weighted by atomic mass is 9.99. The molecule has 0 spiro atoms. The van der Waals surface area contributed by atoms with Crippen molar-refractivity contribution in [3.05, 3.63) is 0 Å². The van der Waals surface area contributed by atoms with Crippen LogP contribution >= 0.6 is 0 Å². The first-order valence-electron chi connectivity index (χ1n) is 6.27. The lowest BCUT2D eigenvalue weighted by Gasteiger charge is -2.36. The van der Waals surface area contributed by atoms with Crippen LogP contribution in [-0.4, -0.2) is 63.2 Å². The molecule has 0 aliphatic carbocycles. The molecule has 1 heterocycles. The molecule has 1 atom stereocenters. The molecule has 15 heavy (non-hydrogen) atoms. The van der Waals surface area contributed by atoms with Crippen molar-refractivity contribution in [3.8, 4) is 0 Å². The minimum atomic E-state index is 0.825. The van der Waals surface area contributed by atoms with Gasteiger partial charge in [0.25, 0.3) is 0 Å². The van der Waals surface area contributed by atoms with E-state index < -0.39 is 0 Å². The Morgan fingerprint density at radius 2 is 2.13 bits per heavy atom. The Bertz CT molecular complexity index is 159. The molecular weight excluding hydrogens is 186 g/mol. The number of rotatable bonds is 6. The van der Waals surface area contributed by atoms with Gasteiger partial charge in [0.05, 0.1) is 0 Å². The van der Waals surface area contributed by atoms with E-state index in [-0.39, 0.29) is 0 Å². The van der Waals surface area contributed by atoms with Gasteiger partial charge < -0.3 is 10.2 Å². The molecule has 1 rings (SSSR count). The third kappa shape index (κ3) is 4.96. The predicted molar refractivity (Wildman–Crippen MR) is 66.3 cm³/mol. The van der Waals surface area contributed by atoms with Crippen LogP contribution in [0.2, 0.25) is 0 Å². The molecular formula is C12H27N3. The van der Waals surface area contributed by atoms with Gasteiger partial charge in [0.1, 0.15) is 0 Å². The fourth-order valence-electron chi connectivity index (χ4n) is 2.32. The van der Waals surface area contributed by atoms with Crippen LogP contribution in [0.4, 0.5) is 0 Å². The Hall–Kier alpha value is -0.120. The van der Waals surface area contributed by atoms with Crippen LogP contribution in [0.15, 0.2) is 0 Å². The number of hydrogen-bond acceptors (Lipinski definition) is 3. The van der Waals surface area contributed by atoms with Gasteiger partial charge >= 0.3 is 0 Å². The predicted octanol–water partition coefficient (Wildman–Crippen LogP) is 1.01. The van der Waals surface area contributed by atoms with Crippen LogP contribution in [0.25, 0.3) is 0 Å². The van der Waals surface area contributed by atoms with E-state index in [0.29, 0.717) is 0 Å². The summed E-state index contributed by atoms with van der Waals surface area (Å²) >= 11 is 0. The molecule has 1 N–H and O–H groups in total. The fourth-order valence-corrected chi connectivity index (χ4v) is 2.32. The summed E-state index contributed by atoms with van der Waals surface area (Å²) in [6.45, 7) is 4.89. The van der Waals surface area contributed by atoms with Crippen molar-refractivity contribution in [1.82, 2.24) is 15.1 Å². The normalized spacial score (nSPS) is 23.6. The van der Waals surface area contributed by atoms with E-state index in [0.717, 1.165) is 12.6 Å². The van der Waals surface area contributed by atoms with Crippen molar-refractivity contribution in [3.63, 3.8) is 0 Å². The van der Waals surface area contributed by atoms with Crippen LogP contribution in [0.1, 0.15) is 25.7 Å². The Kier molecular flexibility index (Phi) is 6.22. The van der Waals surface area contributed by atoms with Crippen LogP contribution in [-0.2, 0) is 0 Å². The van der Waals surface area contributed by atoms with Gasteiger partial charge in [0.15, 0.2) is 0 Å². The summed E-state index contributed by atoms with van der Waals surface area (Å²) in [5.74, 6) is 0. The first-order valence-corrected chi connectivity index (χ1v) is 6.27. The molecule has 1 aliphatic heterocycles. The molecule has 1 saturated heterocycles. The summed E-state index contributed by atoms with van der Waals surface area (Å²) in [5.41, 5.74) is 0. The van der Waals surface area contributed by atoms with Crippen LogP contribution in [0.3, 0.4) is 0 Å². The number of likely N-dealkylation sites (tertiary alicyclic amines) is 1. The smallest absolute Gasteiger partial charge is 0.0112 e. The zero-order chi connectivity index (χ0) is 11.1. The minimum Gasteiger partial charge on any atom is -0.320 e. The van der Waals surface area contributed by atoms with Crippen molar-refractivity contribution in [2.24, 2.45) is 0 Å². The Balaban J connectivity index is 2.29. The average Bonchev–Trinajstić information content (AvgIpc) is 2.24. The summed E-state index contributed by atoms with van der Waals surface area (Å²) in [6.07, 6.45) is 5.52. The summed E-state index contributed by atoms with van der Waals surface area (Å²) in [7, 11) is 6.37. The molecule has 1 fully saturated rings. The third-order valence-electron chi connectivity index (χ3n) is 3.31. The van der Waals surface area contributed by atoms with Crippen LogP contribution in [0, 0.1) is 0 Å². The van der Waals surface area contributed by atoms with Gasteiger partial charge in [-0.15, -0.1) is 0 Å². The molecule has 3 nitrogen and oxygen atoms in total. The fraction of sp³-hybridized carbons (Fsp3) is 1.00. The monoisotopic (exact) mass is 213 g/mol. The first-order chi connectivity index (χ1) is 7.24. The zero-order valence-electron chi connectivity index (χ0n) is 10.6. The van der Waals surface area contributed by atoms with Crippen molar-refractivity contribution >= 4 is 0 Å². The number of hydrogen-bond donors (Lipinski definition) is 1. The second kappa shape index (κ2) is 7.20. The molecule has 0 aromatic carbocycles. The summed E-state index contributed by atoms with van der Waals surface area (Å²) in [6, 6.07) is 0.825. The van der Waals surface area contributed by atoms with Gasteiger partial charge in [-0.3, -0.25) is 4.90 Å². The molecule has 1 unspecified atom stereocenters. The Morgan fingerprint density at radius 3 is 2.80 bits per heavy atom. The van der Waals surface area contributed by atoms with Gasteiger partial charge in [-0.2, -0.15) is 0 Å². The van der Waals surface area contributed by atoms with Crippen molar-refractivity contribution in [2.45, 2.75) is 31.7 Å². The maximum Gasteiger partial charge on any atom is 0.0112 e. The number of likely N-dealkylation sites (N-methyl/N-ethyl adjacent to an activating group) is 1. The molecule has 0 amide bonds. The molecule has 1 aliphatic rings. The molecule has 3 heteroatoms. The number of nitrogens with zero attached hydrogens (tertiary/aromatic N) is 2. The minimum absolute atomic E-state index is 0.825. The molecule has 0 aromatic rings. The maximum absolute atomic E-state index is 3.26. The second-order valence-electron chi connectivity index (χ2n) is 4.88. The highest BCUT2D eigenvalue weighted by molar-refractivity contribution is 4.77. The van der Waals surface area contributed by atoms with E-state index in [1.165, 1.54) is 45.3 Å². The summed E-state index contributed by atoms with van der Waals surface area (Å²) in [5, 5.41) is 3.26. The molecule has 0 radical (unpaired) electrons. The lowest BCUT2D eigenvalue weighted by Crippen LogP contribution is -2.43. The van der Waals surface area contributed by atoms with E-state index in [1.807, 2.05) is 7.05 Å². The van der Waals surface area contributed by atoms with Crippen molar-refractivity contribution in [1.29, 1.82) is 0 Å². The van der Waals surface area contributed by atoms with Crippen LogP contribution in [0.5, 0.6) is 0 Å². The zero-order valence-corrected chi connectivity index (χ0v) is 10.6. The van der Waals surface area contributed by atoms with Gasteiger partial charge in [0.2, 0.25) is 0 Å². The molecule has 0 aromatic heterocycles. The maximum atomic E-state index is 3.26. The quantitative estimate of drug-likeness (QED) is 0.710. The highest BCUT2D eigenvalue weighted by Crippen LogP contribution is 2.18. The topological polar surface area (TPSA) is 18.5 Å². The standard InChI is InChI=1S/C12H27N3/c1-13-8-7-12-6-4-5-9-15(12)11-10-14(2)3/h12-13H,4-11H2,1-3H3. The Labute approximate surface area is 94.8 Å². The van der Waals surface area contributed by atoms with E-state index in [1.54, 1.807) is 0 Å². The van der Waals surface area contributed by atoms with Gasteiger partial charge in [0, 0.05) is 19.1 Å². The van der Waals surface area contributed by atoms with Gasteiger partial charge in [-0.25, -0.2) is 0 Å². The van der Waals surface area contributed by atoms with E-state index in [4.69, 9.17) is 0 Å². The van der Waals surface area contributed by atoms with E-state index in [9.17, 15) is 0 Å². The van der Waals surface area contributed by atoms with Crippen molar-refractivity contribution in [2.75, 3.05) is 47.3 Å². The van der Waals surface area contributed by atoms with Gasteiger partial charge in [-0.05, 0) is 53.5 Å². The van der Waals surface area contributed by atoms with E-state index in [2.05, 4.69) is 29.2 Å². The largest absolute Gasteiger partial charge is 0.320 e. The van der Waals surface area contributed by atoms with Gasteiger partial charge in [-0.1, -0.05) is 6.42 Å². The molecule has 0 saturated carbocycles. The van der Waals surface area contributed by atoms with Crippen LogP contribution < -0.4 is 5.32 Å². The molecule has 90 valence electrons. The average molecular weight is 213 g/mol. The third-order valence-corrected chi connectivity index (χ3v) is 3.31. The second-order valence-corrected chi connectivity index (χ2v) is 4.88. The highest BCUT2D eigenvalue weighted by Gasteiger charge is 2.21. The summed E-state index contributed by atoms with van der Waals surface area (Å²) < 4.78 is 0. The van der Waals surface area contributed by atoms with Crippen molar-refractivity contribution < 1.29 is 0 Å². The first kappa shape index (κ1) is 12.9. The highest BCUT2D eigenvalue weighted by atomic mass is 15.2.